The van der Waals surface area contributed by atoms with Crippen LogP contribution in [0.25, 0.3) is 0 Å². The first-order chi connectivity index (χ1) is 8.83. The van der Waals surface area contributed by atoms with E-state index in [0.29, 0.717) is 6.54 Å². The number of hydrogen-bond acceptors (Lipinski definition) is 4. The van der Waals surface area contributed by atoms with Gasteiger partial charge in [-0.2, -0.15) is 5.10 Å². The zero-order valence-corrected chi connectivity index (χ0v) is 10.9. The summed E-state index contributed by atoms with van der Waals surface area (Å²) in [5.41, 5.74) is 11.1. The van der Waals surface area contributed by atoms with Crippen LogP contribution >= 0.6 is 0 Å². The Morgan fingerprint density at radius 1 is 1.39 bits per heavy atom. The molecule has 1 aliphatic rings. The molecule has 4 nitrogen and oxygen atoms in total. The van der Waals surface area contributed by atoms with E-state index >= 15 is 0 Å². The lowest BCUT2D eigenvalue weighted by Gasteiger charge is -2.11. The summed E-state index contributed by atoms with van der Waals surface area (Å²) in [6.07, 6.45) is 2.86. The van der Waals surface area contributed by atoms with E-state index < -0.39 is 0 Å². The molecule has 0 bridgehead atoms. The first kappa shape index (κ1) is 12.9. The molecular weight excluding hydrogens is 226 g/mol. The van der Waals surface area contributed by atoms with Gasteiger partial charge in [0.2, 0.25) is 0 Å². The van der Waals surface area contributed by atoms with Crippen LogP contribution in [0.15, 0.2) is 29.4 Å². The Kier molecular flexibility index (Phi) is 4.59. The van der Waals surface area contributed by atoms with E-state index in [9.17, 15) is 0 Å². The number of benzene rings is 1. The molecule has 1 heterocycles. The quantitative estimate of drug-likeness (QED) is 0.810. The highest BCUT2D eigenvalue weighted by atomic mass is 16.5. The largest absolute Gasteiger partial charge is 0.494 e. The van der Waals surface area contributed by atoms with E-state index in [1.54, 1.807) is 0 Å². The minimum atomic E-state index is 0.284. The molecule has 1 atom stereocenters. The Hall–Kier alpha value is -1.55. The van der Waals surface area contributed by atoms with Gasteiger partial charge in [0.1, 0.15) is 5.75 Å². The predicted molar refractivity (Wildman–Crippen MR) is 73.8 cm³/mol. The van der Waals surface area contributed by atoms with Crippen LogP contribution in [0.2, 0.25) is 0 Å². The number of ether oxygens (including phenoxy) is 1. The maximum atomic E-state index is 5.57. The van der Waals surface area contributed by atoms with Crippen molar-refractivity contribution >= 4 is 5.71 Å². The number of hydrogen-bond donors (Lipinski definition) is 2. The molecule has 1 aromatic rings. The monoisotopic (exact) mass is 247 g/mol. The lowest BCUT2D eigenvalue weighted by molar-refractivity contribution is 0.317. The normalized spacial score (nSPS) is 18.3. The molecule has 18 heavy (non-hydrogen) atoms. The van der Waals surface area contributed by atoms with Crippen molar-refractivity contribution in [1.82, 2.24) is 5.43 Å². The standard InChI is InChI=1S/C14H21N3O/c1-2-9-18-13-5-3-11(4-6-13)14-10-12(7-8-15)16-17-14/h3-6,14,17H,2,7-10,15H2,1H3. The van der Waals surface area contributed by atoms with Crippen LogP contribution in [0, 0.1) is 0 Å². The highest BCUT2D eigenvalue weighted by Gasteiger charge is 2.19. The average molecular weight is 247 g/mol. The van der Waals surface area contributed by atoms with Crippen molar-refractivity contribution in [2.75, 3.05) is 13.2 Å². The van der Waals surface area contributed by atoms with Crippen molar-refractivity contribution in [2.45, 2.75) is 32.2 Å². The fourth-order valence-corrected chi connectivity index (χ4v) is 2.03. The molecule has 0 saturated carbocycles. The minimum Gasteiger partial charge on any atom is -0.494 e. The number of nitrogens with one attached hydrogen (secondary N) is 1. The summed E-state index contributed by atoms with van der Waals surface area (Å²) in [6, 6.07) is 8.53. The third-order valence-corrected chi connectivity index (χ3v) is 3.01. The summed E-state index contributed by atoms with van der Waals surface area (Å²) in [4.78, 5) is 0. The van der Waals surface area contributed by atoms with Gasteiger partial charge >= 0.3 is 0 Å². The highest BCUT2D eigenvalue weighted by molar-refractivity contribution is 5.86. The molecule has 0 fully saturated rings. The second-order valence-corrected chi connectivity index (χ2v) is 4.52. The lowest BCUT2D eigenvalue weighted by Crippen LogP contribution is -2.10. The van der Waals surface area contributed by atoms with Gasteiger partial charge in [-0.05, 0) is 37.1 Å². The predicted octanol–water partition coefficient (Wildman–Crippen LogP) is 2.21. The second kappa shape index (κ2) is 6.40. The first-order valence-electron chi connectivity index (χ1n) is 6.57. The van der Waals surface area contributed by atoms with Crippen molar-refractivity contribution in [2.24, 2.45) is 10.8 Å². The van der Waals surface area contributed by atoms with Crippen LogP contribution in [0.3, 0.4) is 0 Å². The molecule has 0 aliphatic carbocycles. The number of nitrogens with two attached hydrogens (primary N) is 1. The molecule has 0 aromatic heterocycles. The third kappa shape index (κ3) is 3.23. The van der Waals surface area contributed by atoms with Crippen LogP contribution < -0.4 is 15.9 Å². The van der Waals surface area contributed by atoms with Crippen molar-refractivity contribution in [3.63, 3.8) is 0 Å². The Morgan fingerprint density at radius 3 is 2.83 bits per heavy atom. The van der Waals surface area contributed by atoms with E-state index in [1.807, 2.05) is 12.1 Å². The maximum Gasteiger partial charge on any atom is 0.119 e. The fraction of sp³-hybridized carbons (Fsp3) is 0.500. The van der Waals surface area contributed by atoms with Gasteiger partial charge in [-0.1, -0.05) is 19.1 Å². The molecule has 0 radical (unpaired) electrons. The summed E-state index contributed by atoms with van der Waals surface area (Å²) in [7, 11) is 0. The third-order valence-electron chi connectivity index (χ3n) is 3.01. The van der Waals surface area contributed by atoms with Crippen LogP contribution in [0.4, 0.5) is 0 Å². The van der Waals surface area contributed by atoms with Crippen molar-refractivity contribution in [3.8, 4) is 5.75 Å². The molecule has 1 aromatic carbocycles. The molecule has 1 unspecified atom stereocenters. The summed E-state index contributed by atoms with van der Waals surface area (Å²) >= 11 is 0. The fourth-order valence-electron chi connectivity index (χ4n) is 2.03. The van der Waals surface area contributed by atoms with E-state index in [-0.39, 0.29) is 6.04 Å². The van der Waals surface area contributed by atoms with E-state index in [2.05, 4.69) is 29.6 Å². The Labute approximate surface area is 108 Å². The average Bonchev–Trinajstić information content (AvgIpc) is 2.86. The van der Waals surface area contributed by atoms with Gasteiger partial charge in [0, 0.05) is 12.1 Å². The molecular formula is C14H21N3O. The van der Waals surface area contributed by atoms with E-state index in [4.69, 9.17) is 10.5 Å². The van der Waals surface area contributed by atoms with E-state index in [0.717, 1.165) is 37.3 Å². The number of hydrazone groups is 1. The zero-order valence-electron chi connectivity index (χ0n) is 10.9. The highest BCUT2D eigenvalue weighted by Crippen LogP contribution is 2.24. The summed E-state index contributed by atoms with van der Waals surface area (Å²) in [5.74, 6) is 0.932. The number of rotatable bonds is 6. The molecule has 3 N–H and O–H groups in total. The van der Waals surface area contributed by atoms with Gasteiger partial charge in [0.05, 0.1) is 12.6 Å². The zero-order chi connectivity index (χ0) is 12.8. The Balaban J connectivity index is 1.91. The summed E-state index contributed by atoms with van der Waals surface area (Å²) in [5, 5.41) is 4.31. The van der Waals surface area contributed by atoms with E-state index in [1.165, 1.54) is 5.56 Å². The molecule has 1 aliphatic heterocycles. The van der Waals surface area contributed by atoms with Crippen LogP contribution in [-0.4, -0.2) is 18.9 Å². The first-order valence-corrected chi connectivity index (χ1v) is 6.57. The molecule has 4 heteroatoms. The van der Waals surface area contributed by atoms with Crippen LogP contribution in [0.1, 0.15) is 37.8 Å². The smallest absolute Gasteiger partial charge is 0.119 e. The number of nitrogens with zero attached hydrogens (tertiary/aromatic N) is 1. The molecule has 0 amide bonds. The minimum absolute atomic E-state index is 0.284. The van der Waals surface area contributed by atoms with Crippen LogP contribution in [0.5, 0.6) is 5.75 Å². The summed E-state index contributed by atoms with van der Waals surface area (Å²) in [6.45, 7) is 3.54. The van der Waals surface area contributed by atoms with Crippen molar-refractivity contribution < 1.29 is 4.74 Å². The molecule has 98 valence electrons. The van der Waals surface area contributed by atoms with Gasteiger partial charge in [0.15, 0.2) is 0 Å². The van der Waals surface area contributed by atoms with Crippen LogP contribution in [-0.2, 0) is 0 Å². The second-order valence-electron chi connectivity index (χ2n) is 4.52. The lowest BCUT2D eigenvalue weighted by atomic mass is 10.0. The van der Waals surface area contributed by atoms with Gasteiger partial charge in [-0.3, -0.25) is 0 Å². The van der Waals surface area contributed by atoms with Crippen molar-refractivity contribution in [1.29, 1.82) is 0 Å². The van der Waals surface area contributed by atoms with Gasteiger partial charge in [-0.25, -0.2) is 0 Å². The molecule has 0 spiro atoms. The maximum absolute atomic E-state index is 5.57. The van der Waals surface area contributed by atoms with Gasteiger partial charge < -0.3 is 15.9 Å². The SMILES string of the molecule is CCCOc1ccc(C2CC(CCN)=NN2)cc1. The Morgan fingerprint density at radius 2 is 2.17 bits per heavy atom. The summed E-state index contributed by atoms with van der Waals surface area (Å²) < 4.78 is 5.57. The topological polar surface area (TPSA) is 59.6 Å². The Bertz CT molecular complexity index is 400. The molecule has 0 saturated heterocycles. The molecule has 2 rings (SSSR count). The van der Waals surface area contributed by atoms with Gasteiger partial charge in [0.25, 0.3) is 0 Å². The van der Waals surface area contributed by atoms with Gasteiger partial charge in [-0.15, -0.1) is 0 Å². The van der Waals surface area contributed by atoms with Crippen molar-refractivity contribution in [3.05, 3.63) is 29.8 Å².